The second-order valence-corrected chi connectivity index (χ2v) is 5.02. The van der Waals surface area contributed by atoms with Crippen molar-refractivity contribution in [2.75, 3.05) is 11.9 Å². The molecule has 1 aliphatic heterocycles. The molecule has 0 aliphatic carbocycles. The topological polar surface area (TPSA) is 80.9 Å². The van der Waals surface area contributed by atoms with Gasteiger partial charge in [0.15, 0.2) is 5.78 Å². The second kappa shape index (κ2) is 5.07. The lowest BCUT2D eigenvalue weighted by Gasteiger charge is -2.16. The van der Waals surface area contributed by atoms with Gasteiger partial charge in [0, 0.05) is 47.7 Å². The molecule has 1 aliphatic rings. The van der Waals surface area contributed by atoms with Crippen LogP contribution in [0.2, 0.25) is 0 Å². The first kappa shape index (κ1) is 12.7. The zero-order valence-electron chi connectivity index (χ0n) is 11.6. The number of fused-ring (bicyclic) bond motifs is 1. The van der Waals surface area contributed by atoms with Crippen molar-refractivity contribution in [3.8, 4) is 22.8 Å². The zero-order chi connectivity index (χ0) is 14.9. The highest BCUT2D eigenvalue weighted by molar-refractivity contribution is 6.03. The standard InChI is InChI=1S/C16H12N4O2/c21-14-5-8-18-13-2-1-11(9-12(13)14)16-19-15(20-22-16)10-3-6-17-7-4-10/h1-4,6-7,9,18H,5,8H2. The van der Waals surface area contributed by atoms with Gasteiger partial charge >= 0.3 is 0 Å². The van der Waals surface area contributed by atoms with Crippen molar-refractivity contribution in [3.63, 3.8) is 0 Å². The molecule has 6 nitrogen and oxygen atoms in total. The molecule has 108 valence electrons. The summed E-state index contributed by atoms with van der Waals surface area (Å²) in [5, 5.41) is 7.19. The van der Waals surface area contributed by atoms with E-state index >= 15 is 0 Å². The van der Waals surface area contributed by atoms with E-state index < -0.39 is 0 Å². The number of benzene rings is 1. The number of nitrogens with zero attached hydrogens (tertiary/aromatic N) is 3. The minimum atomic E-state index is 0.129. The molecule has 0 saturated heterocycles. The van der Waals surface area contributed by atoms with Crippen molar-refractivity contribution in [1.29, 1.82) is 0 Å². The van der Waals surface area contributed by atoms with Gasteiger partial charge in [0.25, 0.3) is 5.89 Å². The SMILES string of the molecule is O=C1CCNc2ccc(-c3nc(-c4ccncc4)no3)cc21. The summed E-state index contributed by atoms with van der Waals surface area (Å²) in [5.41, 5.74) is 3.10. The number of hydrogen-bond acceptors (Lipinski definition) is 6. The van der Waals surface area contributed by atoms with Crippen LogP contribution in [0.3, 0.4) is 0 Å². The number of pyridine rings is 1. The number of carbonyl (C=O) groups excluding carboxylic acids is 1. The molecule has 0 fully saturated rings. The fraction of sp³-hybridized carbons (Fsp3) is 0.125. The van der Waals surface area contributed by atoms with Gasteiger partial charge in [-0.15, -0.1) is 0 Å². The van der Waals surface area contributed by atoms with Crippen LogP contribution in [-0.2, 0) is 0 Å². The number of Topliss-reactive ketones (excluding diaryl/α,β-unsaturated/α-hetero) is 1. The lowest BCUT2D eigenvalue weighted by atomic mass is 9.99. The van der Waals surface area contributed by atoms with Gasteiger partial charge in [-0.05, 0) is 30.3 Å². The van der Waals surface area contributed by atoms with Gasteiger partial charge in [-0.1, -0.05) is 5.16 Å². The van der Waals surface area contributed by atoms with Gasteiger partial charge < -0.3 is 9.84 Å². The molecule has 1 N–H and O–H groups in total. The van der Waals surface area contributed by atoms with Crippen molar-refractivity contribution >= 4 is 11.5 Å². The van der Waals surface area contributed by atoms with Crippen LogP contribution < -0.4 is 5.32 Å². The van der Waals surface area contributed by atoms with Gasteiger partial charge in [-0.2, -0.15) is 4.98 Å². The fourth-order valence-electron chi connectivity index (χ4n) is 2.47. The first-order chi connectivity index (χ1) is 10.8. The van der Waals surface area contributed by atoms with Crippen LogP contribution in [0.4, 0.5) is 5.69 Å². The molecule has 0 saturated carbocycles. The van der Waals surface area contributed by atoms with Crippen molar-refractivity contribution in [2.24, 2.45) is 0 Å². The maximum Gasteiger partial charge on any atom is 0.258 e. The third-order valence-electron chi connectivity index (χ3n) is 3.60. The minimum absolute atomic E-state index is 0.129. The molecule has 3 heterocycles. The molecule has 4 rings (SSSR count). The van der Waals surface area contributed by atoms with Gasteiger partial charge in [0.05, 0.1) is 0 Å². The Bertz CT molecular complexity index is 842. The molecule has 22 heavy (non-hydrogen) atoms. The Kier molecular flexibility index (Phi) is 2.93. The molecule has 3 aromatic rings. The highest BCUT2D eigenvalue weighted by Crippen LogP contribution is 2.28. The normalized spacial score (nSPS) is 13.5. The number of nitrogens with one attached hydrogen (secondary N) is 1. The zero-order valence-corrected chi connectivity index (χ0v) is 11.6. The van der Waals surface area contributed by atoms with Crippen LogP contribution in [0.5, 0.6) is 0 Å². The summed E-state index contributed by atoms with van der Waals surface area (Å²) in [6.07, 6.45) is 3.85. The Hall–Kier alpha value is -3.02. The van der Waals surface area contributed by atoms with Crippen LogP contribution >= 0.6 is 0 Å². The number of hydrogen-bond donors (Lipinski definition) is 1. The summed E-state index contributed by atoms with van der Waals surface area (Å²) in [7, 11) is 0. The van der Waals surface area contributed by atoms with Crippen molar-refractivity contribution in [3.05, 3.63) is 48.3 Å². The van der Waals surface area contributed by atoms with E-state index in [9.17, 15) is 4.79 Å². The predicted octanol–water partition coefficient (Wildman–Crippen LogP) is 2.80. The van der Waals surface area contributed by atoms with Crippen LogP contribution in [0, 0.1) is 0 Å². The monoisotopic (exact) mass is 292 g/mol. The van der Waals surface area contributed by atoms with Gasteiger partial charge in [-0.3, -0.25) is 9.78 Å². The fourth-order valence-corrected chi connectivity index (χ4v) is 2.47. The summed E-state index contributed by atoms with van der Waals surface area (Å²) < 4.78 is 5.32. The highest BCUT2D eigenvalue weighted by atomic mass is 16.5. The number of aromatic nitrogens is 3. The smallest absolute Gasteiger partial charge is 0.258 e. The largest absolute Gasteiger partial charge is 0.384 e. The predicted molar refractivity (Wildman–Crippen MR) is 80.4 cm³/mol. The summed E-state index contributed by atoms with van der Waals surface area (Å²) in [6, 6.07) is 9.17. The van der Waals surface area contributed by atoms with Crippen molar-refractivity contribution < 1.29 is 9.32 Å². The lowest BCUT2D eigenvalue weighted by molar-refractivity contribution is 0.0984. The minimum Gasteiger partial charge on any atom is -0.384 e. The highest BCUT2D eigenvalue weighted by Gasteiger charge is 2.19. The van der Waals surface area contributed by atoms with E-state index in [-0.39, 0.29) is 5.78 Å². The number of carbonyl (C=O) groups is 1. The average molecular weight is 292 g/mol. The van der Waals surface area contributed by atoms with Crippen molar-refractivity contribution in [1.82, 2.24) is 15.1 Å². The molecule has 0 atom stereocenters. The molecule has 6 heteroatoms. The van der Waals surface area contributed by atoms with Crippen molar-refractivity contribution in [2.45, 2.75) is 6.42 Å². The van der Waals surface area contributed by atoms with E-state index in [0.717, 1.165) is 16.8 Å². The van der Waals surface area contributed by atoms with Gasteiger partial charge in [0.2, 0.25) is 5.82 Å². The van der Waals surface area contributed by atoms with E-state index in [1.54, 1.807) is 18.5 Å². The maximum atomic E-state index is 12.0. The molecular formula is C16H12N4O2. The van der Waals surface area contributed by atoms with E-state index in [4.69, 9.17) is 4.52 Å². The van der Waals surface area contributed by atoms with Crippen LogP contribution in [-0.4, -0.2) is 27.5 Å². The quantitative estimate of drug-likeness (QED) is 0.782. The van der Waals surface area contributed by atoms with E-state index in [1.165, 1.54) is 0 Å². The number of rotatable bonds is 2. The Labute approximate surface area is 126 Å². The summed E-state index contributed by atoms with van der Waals surface area (Å²) in [4.78, 5) is 20.3. The third-order valence-corrected chi connectivity index (χ3v) is 3.60. The molecule has 0 radical (unpaired) electrons. The van der Waals surface area contributed by atoms with Gasteiger partial charge in [-0.25, -0.2) is 0 Å². The summed E-state index contributed by atoms with van der Waals surface area (Å²) in [6.45, 7) is 0.679. The average Bonchev–Trinajstić information content (AvgIpc) is 3.06. The van der Waals surface area contributed by atoms with Crippen LogP contribution in [0.25, 0.3) is 22.8 Å². The Balaban J connectivity index is 1.73. The van der Waals surface area contributed by atoms with E-state index in [1.807, 2.05) is 24.3 Å². The number of ketones is 1. The van der Waals surface area contributed by atoms with Crippen LogP contribution in [0.1, 0.15) is 16.8 Å². The number of anilines is 1. The molecule has 0 unspecified atom stereocenters. The first-order valence-electron chi connectivity index (χ1n) is 6.97. The lowest BCUT2D eigenvalue weighted by Crippen LogP contribution is -2.17. The Morgan fingerprint density at radius 1 is 1.09 bits per heavy atom. The first-order valence-corrected chi connectivity index (χ1v) is 6.97. The molecule has 0 spiro atoms. The molecule has 1 aromatic carbocycles. The van der Waals surface area contributed by atoms with Gasteiger partial charge in [0.1, 0.15) is 0 Å². The third kappa shape index (κ3) is 2.14. The molecule has 0 bridgehead atoms. The van der Waals surface area contributed by atoms with E-state index in [2.05, 4.69) is 20.4 Å². The Morgan fingerprint density at radius 3 is 2.82 bits per heavy atom. The summed E-state index contributed by atoms with van der Waals surface area (Å²) in [5.74, 6) is 1.03. The van der Waals surface area contributed by atoms with E-state index in [0.29, 0.717) is 30.2 Å². The van der Waals surface area contributed by atoms with Crippen LogP contribution in [0.15, 0.2) is 47.2 Å². The maximum absolute atomic E-state index is 12.0. The second-order valence-electron chi connectivity index (χ2n) is 5.02. The molecule has 2 aromatic heterocycles. The Morgan fingerprint density at radius 2 is 1.95 bits per heavy atom. The molecular weight excluding hydrogens is 280 g/mol. The molecule has 0 amide bonds. The summed E-state index contributed by atoms with van der Waals surface area (Å²) >= 11 is 0.